The van der Waals surface area contributed by atoms with E-state index in [9.17, 15) is 9.59 Å². The normalized spacial score (nSPS) is 13.4. The standard InChI is InChI=1S/C25H23N3O5/c1-31-19-9-6-17(7-10-19)22-23(27-18-8-11-20(32-2)21(13-18)33-3)25(30)28(24(22)29)15-16-5-4-12-26-14-16/h4-14,27H,15H2,1-3H3. The molecule has 0 atom stereocenters. The molecule has 0 saturated heterocycles. The summed E-state index contributed by atoms with van der Waals surface area (Å²) in [4.78, 5) is 32.1. The maximum Gasteiger partial charge on any atom is 0.278 e. The molecule has 3 aromatic rings. The van der Waals surface area contributed by atoms with Crippen LogP contribution in [0.4, 0.5) is 5.69 Å². The Morgan fingerprint density at radius 1 is 0.879 bits per heavy atom. The van der Waals surface area contributed by atoms with E-state index >= 15 is 0 Å². The number of anilines is 1. The van der Waals surface area contributed by atoms with Crippen LogP contribution in [-0.2, 0) is 16.1 Å². The predicted molar refractivity (Wildman–Crippen MR) is 123 cm³/mol. The summed E-state index contributed by atoms with van der Waals surface area (Å²) in [6.07, 6.45) is 3.27. The first-order valence-corrected chi connectivity index (χ1v) is 10.2. The summed E-state index contributed by atoms with van der Waals surface area (Å²) in [5.74, 6) is 0.886. The second-order valence-corrected chi connectivity index (χ2v) is 7.23. The molecule has 1 aliphatic rings. The van der Waals surface area contributed by atoms with Gasteiger partial charge in [-0.15, -0.1) is 0 Å². The van der Waals surface area contributed by atoms with Gasteiger partial charge >= 0.3 is 0 Å². The van der Waals surface area contributed by atoms with E-state index in [1.165, 1.54) is 12.0 Å². The maximum absolute atomic E-state index is 13.4. The molecule has 168 valence electrons. The summed E-state index contributed by atoms with van der Waals surface area (Å²) < 4.78 is 15.9. The molecule has 8 nitrogen and oxygen atoms in total. The number of aromatic nitrogens is 1. The van der Waals surface area contributed by atoms with Gasteiger partial charge in [0.1, 0.15) is 11.4 Å². The summed E-state index contributed by atoms with van der Waals surface area (Å²) in [7, 11) is 4.65. The van der Waals surface area contributed by atoms with E-state index < -0.39 is 11.8 Å². The lowest BCUT2D eigenvalue weighted by molar-refractivity contribution is -0.137. The minimum Gasteiger partial charge on any atom is -0.497 e. The zero-order valence-corrected chi connectivity index (χ0v) is 18.5. The van der Waals surface area contributed by atoms with Gasteiger partial charge < -0.3 is 19.5 Å². The molecule has 33 heavy (non-hydrogen) atoms. The topological polar surface area (TPSA) is 90.0 Å². The van der Waals surface area contributed by atoms with Crippen LogP contribution >= 0.6 is 0 Å². The van der Waals surface area contributed by atoms with Crippen molar-refractivity contribution in [1.29, 1.82) is 0 Å². The van der Waals surface area contributed by atoms with Crippen molar-refractivity contribution in [1.82, 2.24) is 9.88 Å². The smallest absolute Gasteiger partial charge is 0.278 e. The van der Waals surface area contributed by atoms with Crippen LogP contribution in [0.3, 0.4) is 0 Å². The number of hydrogen-bond acceptors (Lipinski definition) is 7. The van der Waals surface area contributed by atoms with Gasteiger partial charge in [0.15, 0.2) is 11.5 Å². The summed E-state index contributed by atoms with van der Waals surface area (Å²) in [5.41, 5.74) is 2.40. The lowest BCUT2D eigenvalue weighted by atomic mass is 10.0. The van der Waals surface area contributed by atoms with Gasteiger partial charge in [0.05, 0.1) is 33.4 Å². The van der Waals surface area contributed by atoms with E-state index in [1.54, 1.807) is 75.1 Å². The Labute approximate surface area is 191 Å². The minimum atomic E-state index is -0.426. The van der Waals surface area contributed by atoms with Crippen molar-refractivity contribution in [3.8, 4) is 17.2 Å². The molecule has 2 aromatic carbocycles. The molecule has 1 aliphatic heterocycles. The van der Waals surface area contributed by atoms with Crippen LogP contribution in [0.1, 0.15) is 11.1 Å². The Balaban J connectivity index is 1.74. The Morgan fingerprint density at radius 2 is 1.64 bits per heavy atom. The van der Waals surface area contributed by atoms with Crippen molar-refractivity contribution in [3.05, 3.63) is 83.8 Å². The van der Waals surface area contributed by atoms with E-state index in [4.69, 9.17) is 14.2 Å². The van der Waals surface area contributed by atoms with Gasteiger partial charge in [-0.05, 0) is 41.5 Å². The summed E-state index contributed by atoms with van der Waals surface area (Å²) in [6.45, 7) is 0.113. The lowest BCUT2D eigenvalue weighted by Crippen LogP contribution is -2.32. The van der Waals surface area contributed by atoms with Gasteiger partial charge in [0, 0.05) is 24.1 Å². The van der Waals surface area contributed by atoms with E-state index in [0.29, 0.717) is 28.5 Å². The molecule has 8 heteroatoms. The van der Waals surface area contributed by atoms with Crippen molar-refractivity contribution < 1.29 is 23.8 Å². The molecule has 4 rings (SSSR count). The highest BCUT2D eigenvalue weighted by atomic mass is 16.5. The van der Waals surface area contributed by atoms with Crippen LogP contribution in [0.2, 0.25) is 0 Å². The highest BCUT2D eigenvalue weighted by Gasteiger charge is 2.39. The third-order valence-corrected chi connectivity index (χ3v) is 5.26. The molecule has 0 fully saturated rings. The molecule has 2 heterocycles. The molecule has 1 aromatic heterocycles. The first-order valence-electron chi connectivity index (χ1n) is 10.2. The maximum atomic E-state index is 13.4. The van der Waals surface area contributed by atoms with Gasteiger partial charge in [0.25, 0.3) is 11.8 Å². The third kappa shape index (κ3) is 4.36. The highest BCUT2D eigenvalue weighted by molar-refractivity contribution is 6.36. The van der Waals surface area contributed by atoms with E-state index in [2.05, 4.69) is 10.3 Å². The summed E-state index contributed by atoms with van der Waals surface area (Å²) >= 11 is 0. The molecule has 1 N–H and O–H groups in total. The molecule has 0 bridgehead atoms. The Bertz CT molecular complexity index is 1210. The average Bonchev–Trinajstić information content (AvgIpc) is 3.08. The third-order valence-electron chi connectivity index (χ3n) is 5.26. The minimum absolute atomic E-state index is 0.113. The van der Waals surface area contributed by atoms with Crippen molar-refractivity contribution in [2.45, 2.75) is 6.54 Å². The Kier molecular flexibility index (Phi) is 6.26. The van der Waals surface area contributed by atoms with Crippen LogP contribution in [0, 0.1) is 0 Å². The Morgan fingerprint density at radius 3 is 2.27 bits per heavy atom. The number of nitrogens with one attached hydrogen (secondary N) is 1. The first kappa shape index (κ1) is 21.9. The van der Waals surface area contributed by atoms with Crippen molar-refractivity contribution in [3.63, 3.8) is 0 Å². The molecule has 2 amide bonds. The predicted octanol–water partition coefficient (Wildman–Crippen LogP) is 3.50. The molecule has 0 saturated carbocycles. The number of ether oxygens (including phenoxy) is 3. The van der Waals surface area contributed by atoms with Gasteiger partial charge in [-0.3, -0.25) is 19.5 Å². The Hall–Kier alpha value is -4.33. The molecular formula is C25H23N3O5. The molecule has 0 aliphatic carbocycles. The van der Waals surface area contributed by atoms with E-state index in [1.807, 2.05) is 6.07 Å². The highest BCUT2D eigenvalue weighted by Crippen LogP contribution is 2.35. The monoisotopic (exact) mass is 445 g/mol. The number of benzene rings is 2. The fourth-order valence-corrected chi connectivity index (χ4v) is 3.59. The molecule has 0 radical (unpaired) electrons. The van der Waals surface area contributed by atoms with E-state index in [-0.39, 0.29) is 17.8 Å². The van der Waals surface area contributed by atoms with Gasteiger partial charge in [-0.25, -0.2) is 0 Å². The quantitative estimate of drug-likeness (QED) is 0.531. The van der Waals surface area contributed by atoms with Crippen molar-refractivity contribution >= 4 is 23.1 Å². The number of methoxy groups -OCH3 is 3. The zero-order valence-electron chi connectivity index (χ0n) is 18.5. The fraction of sp³-hybridized carbons (Fsp3) is 0.160. The second kappa shape index (κ2) is 9.44. The average molecular weight is 445 g/mol. The first-order chi connectivity index (χ1) is 16.0. The fourth-order valence-electron chi connectivity index (χ4n) is 3.59. The van der Waals surface area contributed by atoms with Gasteiger partial charge in [-0.1, -0.05) is 18.2 Å². The summed E-state index contributed by atoms with van der Waals surface area (Å²) in [6, 6.07) is 15.8. The zero-order chi connectivity index (χ0) is 23.4. The van der Waals surface area contributed by atoms with Crippen LogP contribution in [0.25, 0.3) is 5.57 Å². The molecule has 0 unspecified atom stereocenters. The second-order valence-electron chi connectivity index (χ2n) is 7.23. The van der Waals surface area contributed by atoms with Crippen molar-refractivity contribution in [2.24, 2.45) is 0 Å². The number of pyridine rings is 1. The largest absolute Gasteiger partial charge is 0.497 e. The van der Waals surface area contributed by atoms with Crippen LogP contribution in [-0.4, -0.2) is 43.0 Å². The number of nitrogens with zero attached hydrogens (tertiary/aromatic N) is 2. The molecular weight excluding hydrogens is 422 g/mol. The van der Waals surface area contributed by atoms with Crippen LogP contribution in [0.15, 0.2) is 72.7 Å². The SMILES string of the molecule is COc1ccc(C2=C(Nc3ccc(OC)c(OC)c3)C(=O)N(Cc3cccnc3)C2=O)cc1. The number of rotatable bonds is 8. The lowest BCUT2D eigenvalue weighted by Gasteiger charge is -2.15. The number of imide groups is 1. The number of carbonyl (C=O) groups is 2. The van der Waals surface area contributed by atoms with Crippen LogP contribution < -0.4 is 19.5 Å². The van der Waals surface area contributed by atoms with Gasteiger partial charge in [0.2, 0.25) is 0 Å². The van der Waals surface area contributed by atoms with E-state index in [0.717, 1.165) is 5.56 Å². The summed E-state index contributed by atoms with van der Waals surface area (Å²) in [5, 5.41) is 3.13. The number of hydrogen-bond donors (Lipinski definition) is 1. The molecule has 0 spiro atoms. The van der Waals surface area contributed by atoms with Gasteiger partial charge in [-0.2, -0.15) is 0 Å². The number of amides is 2. The number of carbonyl (C=O) groups excluding carboxylic acids is 2. The van der Waals surface area contributed by atoms with Crippen molar-refractivity contribution in [2.75, 3.05) is 26.6 Å². The van der Waals surface area contributed by atoms with Crippen LogP contribution in [0.5, 0.6) is 17.2 Å².